The second-order valence-electron chi connectivity index (χ2n) is 6.76. The fraction of sp³-hybridized carbons (Fsp3) is 0.190. The fourth-order valence-electron chi connectivity index (χ4n) is 3.27. The summed E-state index contributed by atoms with van der Waals surface area (Å²) in [7, 11) is 0. The molecule has 0 saturated carbocycles. The number of carbonyl (C=O) groups is 1. The molecule has 0 saturated heterocycles. The quantitative estimate of drug-likeness (QED) is 0.776. The van der Waals surface area contributed by atoms with Gasteiger partial charge in [0, 0.05) is 30.5 Å². The minimum atomic E-state index is -0.303. The zero-order valence-corrected chi connectivity index (χ0v) is 14.9. The smallest absolute Gasteiger partial charge is 0.229 e. The first-order chi connectivity index (χ1) is 13.0. The van der Waals surface area contributed by atoms with Crippen LogP contribution in [0.4, 0.5) is 10.1 Å². The SMILES string of the molecule is Cc1cc2c(cn1)CN(C(=O)Cc1nc(-c3ccc(F)cc3)ccc1N)C2. The number of hydrogen-bond donors (Lipinski definition) is 1. The number of anilines is 1. The molecule has 6 heteroatoms. The number of nitrogens with two attached hydrogens (primary N) is 1. The third kappa shape index (κ3) is 3.51. The highest BCUT2D eigenvalue weighted by Crippen LogP contribution is 2.25. The lowest BCUT2D eigenvalue weighted by Gasteiger charge is -2.16. The van der Waals surface area contributed by atoms with Crippen molar-refractivity contribution < 1.29 is 9.18 Å². The van der Waals surface area contributed by atoms with Crippen molar-refractivity contribution in [3.63, 3.8) is 0 Å². The van der Waals surface area contributed by atoms with Gasteiger partial charge in [-0.15, -0.1) is 0 Å². The second-order valence-corrected chi connectivity index (χ2v) is 6.76. The Bertz CT molecular complexity index is 1020. The Morgan fingerprint density at radius 2 is 1.89 bits per heavy atom. The van der Waals surface area contributed by atoms with E-state index in [4.69, 9.17) is 5.73 Å². The van der Waals surface area contributed by atoms with Crippen molar-refractivity contribution >= 4 is 11.6 Å². The van der Waals surface area contributed by atoms with E-state index in [9.17, 15) is 9.18 Å². The molecule has 1 aromatic carbocycles. The van der Waals surface area contributed by atoms with Crippen molar-refractivity contribution in [3.05, 3.63) is 77.0 Å². The number of amides is 1. The van der Waals surface area contributed by atoms with Crippen molar-refractivity contribution in [1.82, 2.24) is 14.9 Å². The van der Waals surface area contributed by atoms with E-state index >= 15 is 0 Å². The molecule has 0 aliphatic carbocycles. The number of nitrogens with zero attached hydrogens (tertiary/aromatic N) is 3. The highest BCUT2D eigenvalue weighted by atomic mass is 19.1. The molecule has 1 aliphatic heterocycles. The molecule has 0 spiro atoms. The molecule has 2 N–H and O–H groups in total. The van der Waals surface area contributed by atoms with E-state index in [1.54, 1.807) is 29.2 Å². The molecule has 4 rings (SSSR count). The molecule has 3 aromatic rings. The third-order valence-electron chi connectivity index (χ3n) is 4.76. The largest absolute Gasteiger partial charge is 0.397 e. The molecule has 2 aromatic heterocycles. The van der Waals surface area contributed by atoms with Gasteiger partial charge >= 0.3 is 0 Å². The molecule has 136 valence electrons. The van der Waals surface area contributed by atoms with Crippen LogP contribution in [0.2, 0.25) is 0 Å². The maximum absolute atomic E-state index is 13.1. The van der Waals surface area contributed by atoms with Crippen molar-refractivity contribution in [2.75, 3.05) is 5.73 Å². The Balaban J connectivity index is 1.53. The number of carbonyl (C=O) groups excluding carboxylic acids is 1. The van der Waals surface area contributed by atoms with Crippen LogP contribution < -0.4 is 5.73 Å². The zero-order valence-electron chi connectivity index (χ0n) is 14.9. The summed E-state index contributed by atoms with van der Waals surface area (Å²) in [5, 5.41) is 0. The molecular weight excluding hydrogens is 343 g/mol. The van der Waals surface area contributed by atoms with Gasteiger partial charge in [0.05, 0.1) is 23.5 Å². The molecule has 1 amide bonds. The van der Waals surface area contributed by atoms with E-state index < -0.39 is 0 Å². The standard InChI is InChI=1S/C21H19FN4O/c1-13-8-15-11-26(12-16(15)10-24-13)21(27)9-20-18(23)6-7-19(25-20)14-2-4-17(22)5-3-14/h2-8,10H,9,11-12,23H2,1H3. The topological polar surface area (TPSA) is 72.1 Å². The van der Waals surface area contributed by atoms with E-state index in [1.807, 2.05) is 19.2 Å². The fourth-order valence-corrected chi connectivity index (χ4v) is 3.27. The van der Waals surface area contributed by atoms with Crippen LogP contribution in [0.25, 0.3) is 11.3 Å². The second kappa shape index (κ2) is 6.79. The van der Waals surface area contributed by atoms with Gasteiger partial charge in [-0.3, -0.25) is 14.8 Å². The van der Waals surface area contributed by atoms with E-state index in [0.29, 0.717) is 30.2 Å². The number of nitrogen functional groups attached to an aromatic ring is 1. The first-order valence-electron chi connectivity index (χ1n) is 8.73. The van der Waals surface area contributed by atoms with Crippen molar-refractivity contribution in [2.24, 2.45) is 0 Å². The molecule has 0 fully saturated rings. The molecule has 0 bridgehead atoms. The number of hydrogen-bond acceptors (Lipinski definition) is 4. The van der Waals surface area contributed by atoms with Crippen LogP contribution in [0.15, 0.2) is 48.7 Å². The van der Waals surface area contributed by atoms with E-state index in [0.717, 1.165) is 22.4 Å². The number of aryl methyl sites for hydroxylation is 1. The number of benzene rings is 1. The Hall–Kier alpha value is -3.28. The van der Waals surface area contributed by atoms with Crippen LogP contribution in [0.5, 0.6) is 0 Å². The van der Waals surface area contributed by atoms with Gasteiger partial charge in [0.1, 0.15) is 5.82 Å². The maximum Gasteiger partial charge on any atom is 0.229 e. The average molecular weight is 362 g/mol. The minimum absolute atomic E-state index is 0.0284. The van der Waals surface area contributed by atoms with Crippen LogP contribution in [-0.4, -0.2) is 20.8 Å². The number of aromatic nitrogens is 2. The lowest BCUT2D eigenvalue weighted by Crippen LogP contribution is -2.27. The summed E-state index contributed by atoms with van der Waals surface area (Å²) in [5.74, 6) is -0.331. The van der Waals surface area contributed by atoms with Crippen molar-refractivity contribution in [1.29, 1.82) is 0 Å². The summed E-state index contributed by atoms with van der Waals surface area (Å²) < 4.78 is 13.1. The highest BCUT2D eigenvalue weighted by molar-refractivity contribution is 5.80. The molecule has 5 nitrogen and oxygen atoms in total. The number of halogens is 1. The molecule has 0 radical (unpaired) electrons. The third-order valence-corrected chi connectivity index (χ3v) is 4.76. The van der Waals surface area contributed by atoms with E-state index in [-0.39, 0.29) is 18.1 Å². The Labute approximate surface area is 156 Å². The van der Waals surface area contributed by atoms with Crippen LogP contribution >= 0.6 is 0 Å². The maximum atomic E-state index is 13.1. The van der Waals surface area contributed by atoms with Crippen LogP contribution in [-0.2, 0) is 24.3 Å². The Morgan fingerprint density at radius 3 is 2.67 bits per heavy atom. The van der Waals surface area contributed by atoms with Gasteiger partial charge < -0.3 is 10.6 Å². The normalized spacial score (nSPS) is 12.9. The van der Waals surface area contributed by atoms with Gasteiger partial charge in [-0.25, -0.2) is 4.39 Å². The predicted octanol–water partition coefficient (Wildman–Crippen LogP) is 3.26. The number of rotatable bonds is 3. The number of pyridine rings is 2. The summed E-state index contributed by atoms with van der Waals surface area (Å²) in [5.41, 5.74) is 11.7. The van der Waals surface area contributed by atoms with Crippen LogP contribution in [0.3, 0.4) is 0 Å². The lowest BCUT2D eigenvalue weighted by molar-refractivity contribution is -0.131. The van der Waals surface area contributed by atoms with Gasteiger partial charge in [0.2, 0.25) is 5.91 Å². The number of fused-ring (bicyclic) bond motifs is 1. The van der Waals surface area contributed by atoms with Crippen LogP contribution in [0.1, 0.15) is 22.5 Å². The average Bonchev–Trinajstić information content (AvgIpc) is 3.07. The van der Waals surface area contributed by atoms with Gasteiger partial charge in [-0.1, -0.05) is 0 Å². The lowest BCUT2D eigenvalue weighted by atomic mass is 10.1. The minimum Gasteiger partial charge on any atom is -0.397 e. The van der Waals surface area contributed by atoms with Crippen molar-refractivity contribution in [3.8, 4) is 11.3 Å². The summed E-state index contributed by atoms with van der Waals surface area (Å²) >= 11 is 0. The molecule has 27 heavy (non-hydrogen) atoms. The first-order valence-corrected chi connectivity index (χ1v) is 8.73. The van der Waals surface area contributed by atoms with E-state index in [1.165, 1.54) is 12.1 Å². The molecular formula is C21H19FN4O. The molecule has 0 unspecified atom stereocenters. The Kier molecular flexibility index (Phi) is 4.32. The summed E-state index contributed by atoms with van der Waals surface area (Å²) in [4.78, 5) is 23.4. The van der Waals surface area contributed by atoms with Gasteiger partial charge in [0.25, 0.3) is 0 Å². The first kappa shape index (κ1) is 17.1. The summed E-state index contributed by atoms with van der Waals surface area (Å²) in [6, 6.07) is 11.6. The Morgan fingerprint density at radius 1 is 1.15 bits per heavy atom. The van der Waals surface area contributed by atoms with Gasteiger partial charge in [0.15, 0.2) is 0 Å². The van der Waals surface area contributed by atoms with Crippen LogP contribution in [0, 0.1) is 12.7 Å². The van der Waals surface area contributed by atoms with Gasteiger partial charge in [-0.2, -0.15) is 0 Å². The molecule has 0 atom stereocenters. The van der Waals surface area contributed by atoms with E-state index in [2.05, 4.69) is 9.97 Å². The van der Waals surface area contributed by atoms with Crippen molar-refractivity contribution in [2.45, 2.75) is 26.4 Å². The van der Waals surface area contributed by atoms with Gasteiger partial charge in [-0.05, 0) is 60.5 Å². The summed E-state index contributed by atoms with van der Waals surface area (Å²) in [6.45, 7) is 3.07. The zero-order chi connectivity index (χ0) is 19.0. The molecule has 3 heterocycles. The predicted molar refractivity (Wildman–Crippen MR) is 101 cm³/mol. The summed E-state index contributed by atoms with van der Waals surface area (Å²) in [6.07, 6.45) is 1.96. The monoisotopic (exact) mass is 362 g/mol. The highest BCUT2D eigenvalue weighted by Gasteiger charge is 2.24. The molecule has 1 aliphatic rings.